The molecule has 8 heteroatoms. The van der Waals surface area contributed by atoms with Crippen molar-refractivity contribution in [1.82, 2.24) is 16.0 Å². The Bertz CT molecular complexity index is 434. The number of aliphatic hydroxyl groups is 2. The van der Waals surface area contributed by atoms with E-state index in [2.05, 4.69) is 16.0 Å². The predicted octanol–water partition coefficient (Wildman–Crippen LogP) is 0.600. The quantitative estimate of drug-likeness (QED) is 0.254. The maximum Gasteiger partial charge on any atom is 0.315 e. The predicted molar refractivity (Wildman–Crippen MR) is 98.5 cm³/mol. The zero-order valence-electron chi connectivity index (χ0n) is 14.7. The van der Waals surface area contributed by atoms with Gasteiger partial charge in [0.05, 0.1) is 12.1 Å². The van der Waals surface area contributed by atoms with Crippen molar-refractivity contribution in [1.29, 1.82) is 0 Å². The lowest BCUT2D eigenvalue weighted by molar-refractivity contribution is -0.121. The van der Waals surface area contributed by atoms with Crippen LogP contribution in [0.25, 0.3) is 0 Å². The number of thioether (sulfide) groups is 1. The lowest BCUT2D eigenvalue weighted by Gasteiger charge is -2.16. The van der Waals surface area contributed by atoms with Gasteiger partial charge in [0.2, 0.25) is 5.91 Å². The van der Waals surface area contributed by atoms with E-state index in [0.717, 1.165) is 44.3 Å². The van der Waals surface area contributed by atoms with Gasteiger partial charge in [0.25, 0.3) is 0 Å². The second-order valence-electron chi connectivity index (χ2n) is 6.94. The molecule has 3 atom stereocenters. The van der Waals surface area contributed by atoms with E-state index in [9.17, 15) is 9.59 Å². The minimum Gasteiger partial charge on any atom is -0.396 e. The molecular weight excluding hydrogens is 342 g/mol. The topological polar surface area (TPSA) is 111 Å². The molecule has 0 radical (unpaired) electrons. The van der Waals surface area contributed by atoms with Crippen molar-refractivity contribution in [3.05, 3.63) is 0 Å². The molecule has 2 rings (SSSR count). The van der Waals surface area contributed by atoms with E-state index >= 15 is 0 Å². The number of rotatable bonds is 12. The molecule has 0 aromatic carbocycles. The summed E-state index contributed by atoms with van der Waals surface area (Å²) in [4.78, 5) is 23.1. The summed E-state index contributed by atoms with van der Waals surface area (Å²) in [5.74, 6) is 1.03. The van der Waals surface area contributed by atoms with Gasteiger partial charge < -0.3 is 26.2 Å². The number of amides is 3. The average molecular weight is 374 g/mol. The summed E-state index contributed by atoms with van der Waals surface area (Å²) >= 11 is 1.91. The molecule has 0 aromatic heterocycles. The monoisotopic (exact) mass is 373 g/mol. The fraction of sp³-hybridized carbons (Fsp3) is 0.882. The van der Waals surface area contributed by atoms with Gasteiger partial charge in [-0.25, -0.2) is 4.79 Å². The molecule has 5 N–H and O–H groups in total. The summed E-state index contributed by atoms with van der Waals surface area (Å²) in [6.45, 7) is 0.690. The summed E-state index contributed by atoms with van der Waals surface area (Å²) in [6.07, 6.45) is 6.01. The Morgan fingerprint density at radius 3 is 2.76 bits per heavy atom. The van der Waals surface area contributed by atoms with E-state index in [1.807, 2.05) is 11.8 Å². The zero-order chi connectivity index (χ0) is 18.1. The van der Waals surface area contributed by atoms with Gasteiger partial charge in [0.15, 0.2) is 0 Å². The number of aliphatic hydroxyl groups excluding tert-OH is 2. The number of urea groups is 1. The second-order valence-corrected chi connectivity index (χ2v) is 8.22. The van der Waals surface area contributed by atoms with Gasteiger partial charge in [0, 0.05) is 43.1 Å². The summed E-state index contributed by atoms with van der Waals surface area (Å²) in [6, 6.07) is 0.457. The first-order chi connectivity index (χ1) is 12.1. The Hall–Kier alpha value is -0.990. The van der Waals surface area contributed by atoms with E-state index < -0.39 is 0 Å². The maximum absolute atomic E-state index is 11.8. The third kappa shape index (κ3) is 6.67. The van der Waals surface area contributed by atoms with E-state index in [-0.39, 0.29) is 43.2 Å². The van der Waals surface area contributed by atoms with E-state index in [1.165, 1.54) is 0 Å². The van der Waals surface area contributed by atoms with Crippen LogP contribution in [0, 0.1) is 5.92 Å². The smallest absolute Gasteiger partial charge is 0.315 e. The molecular formula is C17H31N3O4S. The molecule has 7 nitrogen and oxygen atoms in total. The Balaban J connectivity index is 1.45. The fourth-order valence-electron chi connectivity index (χ4n) is 3.39. The van der Waals surface area contributed by atoms with Gasteiger partial charge in [-0.2, -0.15) is 11.8 Å². The van der Waals surface area contributed by atoms with Crippen molar-refractivity contribution >= 4 is 23.7 Å². The number of unbranched alkanes of at least 4 members (excludes halogenated alkanes) is 2. The molecule has 2 aliphatic rings. The summed E-state index contributed by atoms with van der Waals surface area (Å²) in [7, 11) is 0. The molecule has 0 bridgehead atoms. The molecule has 144 valence electrons. The number of nitrogens with one attached hydrogen (secondary N) is 3. The minimum absolute atomic E-state index is 0.0173. The molecule has 25 heavy (non-hydrogen) atoms. The van der Waals surface area contributed by atoms with Gasteiger partial charge >= 0.3 is 6.03 Å². The zero-order valence-corrected chi connectivity index (χ0v) is 15.5. The maximum atomic E-state index is 11.8. The fourth-order valence-corrected chi connectivity index (χ4v) is 4.93. The van der Waals surface area contributed by atoms with Crippen LogP contribution in [0.2, 0.25) is 0 Å². The van der Waals surface area contributed by atoms with Crippen LogP contribution in [0.4, 0.5) is 4.79 Å². The van der Waals surface area contributed by atoms with Crippen molar-refractivity contribution in [3.63, 3.8) is 0 Å². The molecule has 2 fully saturated rings. The summed E-state index contributed by atoms with van der Waals surface area (Å²) < 4.78 is 0. The van der Waals surface area contributed by atoms with Gasteiger partial charge in [-0.15, -0.1) is 0 Å². The highest BCUT2D eigenvalue weighted by Gasteiger charge is 2.42. The third-order valence-corrected chi connectivity index (χ3v) is 6.47. The first-order valence-electron chi connectivity index (χ1n) is 9.31. The molecule has 2 saturated heterocycles. The number of hydrogen-bond donors (Lipinski definition) is 5. The number of hydrogen-bond acceptors (Lipinski definition) is 5. The SMILES string of the molecule is O=C(CCCC[C@@H]1SCC2NC(=O)NC21)NCCCCC(CO)CO. The molecule has 2 unspecified atom stereocenters. The van der Waals surface area contributed by atoms with Crippen LogP contribution in [0.5, 0.6) is 0 Å². The van der Waals surface area contributed by atoms with Gasteiger partial charge in [-0.3, -0.25) is 4.79 Å². The van der Waals surface area contributed by atoms with Gasteiger partial charge in [-0.1, -0.05) is 12.8 Å². The third-order valence-electron chi connectivity index (χ3n) is 4.96. The van der Waals surface area contributed by atoms with Crippen LogP contribution >= 0.6 is 11.8 Å². The lowest BCUT2D eigenvalue weighted by Crippen LogP contribution is -2.36. The summed E-state index contributed by atoms with van der Waals surface area (Å²) in [5.41, 5.74) is 0. The first kappa shape index (κ1) is 20.3. The number of carbonyl (C=O) groups is 2. The van der Waals surface area contributed by atoms with Crippen molar-refractivity contribution in [2.45, 2.75) is 62.3 Å². The van der Waals surface area contributed by atoms with Crippen LogP contribution in [0.15, 0.2) is 0 Å². The highest BCUT2D eigenvalue weighted by atomic mass is 32.2. The van der Waals surface area contributed by atoms with Crippen LogP contribution in [0.3, 0.4) is 0 Å². The van der Waals surface area contributed by atoms with Crippen molar-refractivity contribution in [2.24, 2.45) is 5.92 Å². The first-order valence-corrected chi connectivity index (χ1v) is 10.4. The molecule has 0 aliphatic carbocycles. The molecule has 0 saturated carbocycles. The average Bonchev–Trinajstić information content (AvgIpc) is 3.14. The van der Waals surface area contributed by atoms with Crippen LogP contribution < -0.4 is 16.0 Å². The Labute approximate surface area is 153 Å². The van der Waals surface area contributed by atoms with E-state index in [4.69, 9.17) is 10.2 Å². The largest absolute Gasteiger partial charge is 0.396 e. The van der Waals surface area contributed by atoms with Gasteiger partial charge in [0.1, 0.15) is 0 Å². The van der Waals surface area contributed by atoms with Crippen molar-refractivity contribution < 1.29 is 19.8 Å². The summed E-state index contributed by atoms with van der Waals surface area (Å²) in [5, 5.41) is 27.3. The molecule has 3 amide bonds. The van der Waals surface area contributed by atoms with Crippen LogP contribution in [-0.4, -0.2) is 65.0 Å². The molecule has 0 aromatic rings. The minimum atomic E-state index is -0.0519. The molecule has 2 heterocycles. The normalized spacial score (nSPS) is 24.9. The highest BCUT2D eigenvalue weighted by Crippen LogP contribution is 2.33. The Morgan fingerprint density at radius 1 is 1.20 bits per heavy atom. The standard InChI is InChI=1S/C17H31N3O4S/c21-9-12(10-22)5-3-4-8-18-15(23)7-2-1-6-14-16-13(11-25-14)19-17(24)20-16/h12-14,16,21-22H,1-11H2,(H,18,23)(H2,19,20,24)/t13?,14-,16?/m0/s1. The molecule has 2 aliphatic heterocycles. The van der Waals surface area contributed by atoms with E-state index in [1.54, 1.807) is 0 Å². The molecule has 0 spiro atoms. The highest BCUT2D eigenvalue weighted by molar-refractivity contribution is 8.00. The van der Waals surface area contributed by atoms with Crippen LogP contribution in [-0.2, 0) is 4.79 Å². The Morgan fingerprint density at radius 2 is 2.00 bits per heavy atom. The van der Waals surface area contributed by atoms with Crippen LogP contribution in [0.1, 0.15) is 44.9 Å². The van der Waals surface area contributed by atoms with Gasteiger partial charge in [-0.05, 0) is 25.7 Å². The lowest BCUT2D eigenvalue weighted by atomic mass is 10.0. The van der Waals surface area contributed by atoms with Crippen molar-refractivity contribution in [3.8, 4) is 0 Å². The number of fused-ring (bicyclic) bond motifs is 1. The Kier molecular flexibility index (Phi) is 8.84. The van der Waals surface area contributed by atoms with Crippen molar-refractivity contribution in [2.75, 3.05) is 25.5 Å². The van der Waals surface area contributed by atoms with E-state index in [0.29, 0.717) is 18.2 Å². The second kappa shape index (κ2) is 10.9. The number of carbonyl (C=O) groups excluding carboxylic acids is 2.